The van der Waals surface area contributed by atoms with Gasteiger partial charge in [-0.15, -0.1) is 0 Å². The second-order valence-electron chi connectivity index (χ2n) is 8.66. The van der Waals surface area contributed by atoms with Gasteiger partial charge in [0.2, 0.25) is 0 Å². The van der Waals surface area contributed by atoms with Crippen LogP contribution in [0.3, 0.4) is 0 Å². The molecule has 144 valence electrons. The van der Waals surface area contributed by atoms with Crippen molar-refractivity contribution in [3.05, 3.63) is 40.5 Å². The monoisotopic (exact) mass is 377 g/mol. The van der Waals surface area contributed by atoms with Crippen molar-refractivity contribution in [3.63, 3.8) is 0 Å². The predicted molar refractivity (Wildman–Crippen MR) is 102 cm³/mol. The van der Waals surface area contributed by atoms with Gasteiger partial charge in [0.25, 0.3) is 5.91 Å². The maximum atomic E-state index is 12.7. The number of aliphatic hydroxyl groups excluding tert-OH is 1. The maximum absolute atomic E-state index is 12.7. The third-order valence-corrected chi connectivity index (χ3v) is 6.84. The lowest BCUT2D eigenvalue weighted by atomic mass is 9.85. The van der Waals surface area contributed by atoms with Crippen molar-refractivity contribution in [1.29, 1.82) is 5.26 Å². The molecule has 6 nitrogen and oxygen atoms in total. The number of Topliss-reactive ketones (excluding diaryl/α,β-unsaturated/α-hetero) is 1. The average molecular weight is 377 g/mol. The second kappa shape index (κ2) is 6.18. The lowest BCUT2D eigenvalue weighted by Crippen LogP contribution is -2.53. The molecular formula is C22H23N3O3. The van der Waals surface area contributed by atoms with Gasteiger partial charge < -0.3 is 14.9 Å². The molecule has 2 saturated heterocycles. The van der Waals surface area contributed by atoms with Crippen LogP contribution in [0.5, 0.6) is 0 Å². The van der Waals surface area contributed by atoms with Crippen LogP contribution in [0, 0.1) is 16.7 Å². The van der Waals surface area contributed by atoms with Crippen molar-refractivity contribution in [3.8, 4) is 6.07 Å². The van der Waals surface area contributed by atoms with Crippen LogP contribution in [0.15, 0.2) is 23.8 Å². The van der Waals surface area contributed by atoms with Gasteiger partial charge in [0, 0.05) is 43.7 Å². The van der Waals surface area contributed by atoms with E-state index in [4.69, 9.17) is 0 Å². The fourth-order valence-electron chi connectivity index (χ4n) is 4.74. The molecule has 2 heterocycles. The molecule has 1 aromatic carbocycles. The van der Waals surface area contributed by atoms with Crippen molar-refractivity contribution in [2.75, 3.05) is 26.2 Å². The van der Waals surface area contributed by atoms with E-state index < -0.39 is 6.10 Å². The minimum atomic E-state index is -0.442. The predicted octanol–water partition coefficient (Wildman–Crippen LogP) is 1.74. The first-order valence-corrected chi connectivity index (χ1v) is 10.0. The number of benzene rings is 1. The first-order chi connectivity index (χ1) is 13.5. The lowest BCUT2D eigenvalue weighted by Gasteiger charge is -2.38. The molecule has 5 rings (SSSR count). The summed E-state index contributed by atoms with van der Waals surface area (Å²) in [6.07, 6.45) is 4.55. The van der Waals surface area contributed by atoms with E-state index in [-0.39, 0.29) is 23.7 Å². The summed E-state index contributed by atoms with van der Waals surface area (Å²) in [5.74, 6) is -0.250. The van der Waals surface area contributed by atoms with Crippen molar-refractivity contribution in [1.82, 2.24) is 9.80 Å². The highest BCUT2D eigenvalue weighted by molar-refractivity contribution is 6.10. The summed E-state index contributed by atoms with van der Waals surface area (Å²) in [5, 5.41) is 19.2. The van der Waals surface area contributed by atoms with Crippen LogP contribution in [0.4, 0.5) is 0 Å². The smallest absolute Gasteiger partial charge is 0.254 e. The summed E-state index contributed by atoms with van der Waals surface area (Å²) in [6.45, 7) is 2.41. The third kappa shape index (κ3) is 2.73. The van der Waals surface area contributed by atoms with Crippen molar-refractivity contribution < 1.29 is 14.7 Å². The highest BCUT2D eigenvalue weighted by atomic mass is 16.3. The Hall–Kier alpha value is -2.65. The van der Waals surface area contributed by atoms with Crippen LogP contribution in [-0.4, -0.2) is 58.9 Å². The molecule has 2 aliphatic carbocycles. The zero-order chi connectivity index (χ0) is 19.5. The SMILES string of the molecule is N#CC1=C(N2CCC3(CC2)CC3)c2cc(C(=O)N3CC(O)C3)ccc2CC1=O. The zero-order valence-electron chi connectivity index (χ0n) is 15.8. The summed E-state index contributed by atoms with van der Waals surface area (Å²) < 4.78 is 0. The van der Waals surface area contributed by atoms with E-state index >= 15 is 0 Å². The number of β-amino-alcohol motifs (C(OH)–C–C–N with tert-alkyl or cyclic N) is 1. The number of fused-ring (bicyclic) bond motifs is 1. The number of aliphatic hydroxyl groups is 1. The topological polar surface area (TPSA) is 84.6 Å². The summed E-state index contributed by atoms with van der Waals surface area (Å²) >= 11 is 0. The molecule has 0 aromatic heterocycles. The summed E-state index contributed by atoms with van der Waals surface area (Å²) in [7, 11) is 0. The quantitative estimate of drug-likeness (QED) is 0.849. The number of carbonyl (C=O) groups excluding carboxylic acids is 2. The van der Waals surface area contributed by atoms with Crippen LogP contribution < -0.4 is 0 Å². The molecule has 1 spiro atoms. The molecule has 1 aromatic rings. The molecule has 1 N–H and O–H groups in total. The number of nitrogens with zero attached hydrogens (tertiary/aromatic N) is 3. The number of rotatable bonds is 2. The number of ketones is 1. The number of amides is 1. The number of likely N-dealkylation sites (tertiary alicyclic amines) is 2. The van der Waals surface area contributed by atoms with Crippen LogP contribution in [0.1, 0.15) is 47.2 Å². The molecule has 1 saturated carbocycles. The second-order valence-corrected chi connectivity index (χ2v) is 8.66. The van der Waals surface area contributed by atoms with Crippen molar-refractivity contribution in [2.24, 2.45) is 5.41 Å². The standard InChI is InChI=1S/C22H23N3O3/c23-11-18-19(27)10-14-1-2-15(21(28)25-12-16(26)13-25)9-17(14)20(18)24-7-5-22(3-4-22)6-8-24/h1-2,9,16,26H,3-8,10,12-13H2. The molecule has 0 bridgehead atoms. The van der Waals surface area contributed by atoms with Crippen molar-refractivity contribution >= 4 is 17.4 Å². The number of piperidine rings is 1. The van der Waals surface area contributed by atoms with E-state index in [2.05, 4.69) is 11.0 Å². The molecule has 0 radical (unpaired) electrons. The number of allylic oxidation sites excluding steroid dienone is 1. The van der Waals surface area contributed by atoms with Crippen LogP contribution in [0.25, 0.3) is 5.70 Å². The Balaban J connectivity index is 1.51. The molecule has 2 aliphatic heterocycles. The summed E-state index contributed by atoms with van der Waals surface area (Å²) in [5.41, 5.74) is 3.71. The van der Waals surface area contributed by atoms with E-state index in [1.807, 2.05) is 12.1 Å². The molecule has 4 aliphatic rings. The van der Waals surface area contributed by atoms with E-state index in [1.165, 1.54) is 12.8 Å². The minimum absolute atomic E-state index is 0.113. The third-order valence-electron chi connectivity index (χ3n) is 6.84. The number of hydrogen-bond acceptors (Lipinski definition) is 5. The molecule has 1 amide bonds. The van der Waals surface area contributed by atoms with Gasteiger partial charge in [0.1, 0.15) is 11.6 Å². The highest BCUT2D eigenvalue weighted by Crippen LogP contribution is 2.54. The fourth-order valence-corrected chi connectivity index (χ4v) is 4.74. The zero-order valence-corrected chi connectivity index (χ0v) is 15.8. The Morgan fingerprint density at radius 2 is 1.89 bits per heavy atom. The van der Waals surface area contributed by atoms with Crippen LogP contribution in [-0.2, 0) is 11.2 Å². The molecular weight excluding hydrogens is 354 g/mol. The van der Waals surface area contributed by atoms with Crippen LogP contribution in [0.2, 0.25) is 0 Å². The normalized spacial score (nSPS) is 23.4. The first kappa shape index (κ1) is 17.4. The van der Waals surface area contributed by atoms with Gasteiger partial charge in [-0.25, -0.2) is 0 Å². The Morgan fingerprint density at radius 1 is 1.18 bits per heavy atom. The summed E-state index contributed by atoms with van der Waals surface area (Å²) in [6, 6.07) is 7.57. The number of nitriles is 1. The van der Waals surface area contributed by atoms with E-state index in [9.17, 15) is 20.0 Å². The van der Waals surface area contributed by atoms with E-state index in [0.29, 0.717) is 29.8 Å². The Bertz CT molecular complexity index is 938. The van der Waals surface area contributed by atoms with Crippen LogP contribution >= 0.6 is 0 Å². The average Bonchev–Trinajstić information content (AvgIpc) is 3.43. The Kier molecular flexibility index (Phi) is 3.85. The molecule has 3 fully saturated rings. The van der Waals surface area contributed by atoms with E-state index in [1.54, 1.807) is 11.0 Å². The van der Waals surface area contributed by atoms with Gasteiger partial charge in [-0.1, -0.05) is 6.07 Å². The Morgan fingerprint density at radius 3 is 2.50 bits per heavy atom. The van der Waals surface area contributed by atoms with E-state index in [0.717, 1.165) is 37.1 Å². The molecule has 6 heteroatoms. The molecule has 28 heavy (non-hydrogen) atoms. The highest BCUT2D eigenvalue weighted by Gasteiger charge is 2.45. The van der Waals surface area contributed by atoms with Gasteiger partial charge in [-0.2, -0.15) is 5.26 Å². The number of hydrogen-bond donors (Lipinski definition) is 1. The minimum Gasteiger partial charge on any atom is -0.389 e. The first-order valence-electron chi connectivity index (χ1n) is 10.0. The molecule has 0 unspecified atom stereocenters. The van der Waals surface area contributed by atoms with Gasteiger partial charge >= 0.3 is 0 Å². The van der Waals surface area contributed by atoms with Gasteiger partial charge in [-0.05, 0) is 48.8 Å². The van der Waals surface area contributed by atoms with Gasteiger partial charge in [0.15, 0.2) is 5.78 Å². The van der Waals surface area contributed by atoms with Gasteiger partial charge in [0.05, 0.1) is 11.8 Å². The van der Waals surface area contributed by atoms with Crippen molar-refractivity contribution in [2.45, 2.75) is 38.2 Å². The molecule has 0 atom stereocenters. The Labute approximate surface area is 164 Å². The lowest BCUT2D eigenvalue weighted by molar-refractivity contribution is -0.114. The largest absolute Gasteiger partial charge is 0.389 e. The van der Waals surface area contributed by atoms with Gasteiger partial charge in [-0.3, -0.25) is 9.59 Å². The maximum Gasteiger partial charge on any atom is 0.254 e. The summed E-state index contributed by atoms with van der Waals surface area (Å²) in [4.78, 5) is 29.1. The fraction of sp³-hybridized carbons (Fsp3) is 0.500. The number of carbonyl (C=O) groups is 2.